The highest BCUT2D eigenvalue weighted by Gasteiger charge is 2.14. The topological polar surface area (TPSA) is 46.9 Å². The number of hydrogen-bond acceptors (Lipinski definition) is 2. The van der Waals surface area contributed by atoms with Gasteiger partial charge in [-0.3, -0.25) is 4.79 Å². The van der Waals surface area contributed by atoms with Gasteiger partial charge in [0.05, 0.1) is 0 Å². The van der Waals surface area contributed by atoms with Gasteiger partial charge in [-0.05, 0) is 42.8 Å². The molecule has 4 nitrogen and oxygen atoms in total. The molecule has 0 atom stereocenters. The van der Waals surface area contributed by atoms with Gasteiger partial charge in [-0.2, -0.15) is 0 Å². The summed E-state index contributed by atoms with van der Waals surface area (Å²) in [7, 11) is 1.78. The number of halogens is 1. The van der Waals surface area contributed by atoms with Crippen molar-refractivity contribution in [1.82, 2.24) is 9.55 Å². The lowest BCUT2D eigenvalue weighted by Gasteiger charge is -2.06. The summed E-state index contributed by atoms with van der Waals surface area (Å²) in [5, 5.41) is 3.43. The standard InChI is InChI=1S/C16H14FN3O/c1-10-3-6-15(18-9-10)19-16(21)14-8-11-7-12(17)4-5-13(11)20(14)2/h3-9H,1-2H3,(H,18,19,21). The maximum absolute atomic E-state index is 13.2. The van der Waals surface area contributed by atoms with Gasteiger partial charge < -0.3 is 9.88 Å². The zero-order chi connectivity index (χ0) is 15.0. The Balaban J connectivity index is 1.94. The van der Waals surface area contributed by atoms with Crippen molar-refractivity contribution in [3.05, 3.63) is 59.7 Å². The van der Waals surface area contributed by atoms with Crippen LogP contribution in [0.25, 0.3) is 10.9 Å². The summed E-state index contributed by atoms with van der Waals surface area (Å²) in [5.41, 5.74) is 2.28. The minimum atomic E-state index is -0.319. The Kier molecular flexibility index (Phi) is 3.17. The SMILES string of the molecule is Cc1ccc(NC(=O)c2cc3cc(F)ccc3n2C)nc1. The fraction of sp³-hybridized carbons (Fsp3) is 0.125. The van der Waals surface area contributed by atoms with E-state index in [-0.39, 0.29) is 11.7 Å². The molecule has 0 aliphatic carbocycles. The molecule has 2 heterocycles. The number of anilines is 1. The molecule has 0 radical (unpaired) electrons. The van der Waals surface area contributed by atoms with Crippen molar-refractivity contribution in [1.29, 1.82) is 0 Å². The Morgan fingerprint density at radius 3 is 2.76 bits per heavy atom. The highest BCUT2D eigenvalue weighted by atomic mass is 19.1. The Labute approximate surface area is 121 Å². The lowest BCUT2D eigenvalue weighted by atomic mass is 10.2. The predicted octanol–water partition coefficient (Wildman–Crippen LogP) is 3.27. The number of amides is 1. The molecule has 3 aromatic rings. The van der Waals surface area contributed by atoms with Crippen molar-refractivity contribution in [2.24, 2.45) is 7.05 Å². The molecule has 2 aromatic heterocycles. The molecule has 3 rings (SSSR count). The molecule has 1 amide bonds. The predicted molar refractivity (Wildman–Crippen MR) is 79.8 cm³/mol. The third-order valence-electron chi connectivity index (χ3n) is 3.39. The maximum Gasteiger partial charge on any atom is 0.273 e. The molecular weight excluding hydrogens is 269 g/mol. The van der Waals surface area contributed by atoms with Crippen LogP contribution in [-0.4, -0.2) is 15.5 Å². The monoisotopic (exact) mass is 283 g/mol. The van der Waals surface area contributed by atoms with Gasteiger partial charge in [0.2, 0.25) is 0 Å². The van der Waals surface area contributed by atoms with Crippen LogP contribution in [0.5, 0.6) is 0 Å². The van der Waals surface area contributed by atoms with Crippen molar-refractivity contribution in [2.75, 3.05) is 5.32 Å². The molecule has 0 spiro atoms. The summed E-state index contributed by atoms with van der Waals surface area (Å²) in [5.74, 6) is -0.104. The summed E-state index contributed by atoms with van der Waals surface area (Å²) in [6.45, 7) is 1.93. The van der Waals surface area contributed by atoms with Gasteiger partial charge in [0, 0.05) is 24.1 Å². The van der Waals surface area contributed by atoms with Crippen LogP contribution in [-0.2, 0) is 7.05 Å². The average Bonchev–Trinajstić information content (AvgIpc) is 2.78. The number of carbonyl (C=O) groups excluding carboxylic acids is 1. The van der Waals surface area contributed by atoms with Crippen molar-refractivity contribution >= 4 is 22.6 Å². The molecular formula is C16H14FN3O. The third-order valence-corrected chi connectivity index (χ3v) is 3.39. The zero-order valence-corrected chi connectivity index (χ0v) is 11.7. The maximum atomic E-state index is 13.2. The fourth-order valence-electron chi connectivity index (χ4n) is 2.26. The van der Waals surface area contributed by atoms with E-state index in [1.54, 1.807) is 36.0 Å². The van der Waals surface area contributed by atoms with Gasteiger partial charge in [-0.25, -0.2) is 9.37 Å². The van der Waals surface area contributed by atoms with Gasteiger partial charge in [-0.1, -0.05) is 6.07 Å². The average molecular weight is 283 g/mol. The lowest BCUT2D eigenvalue weighted by molar-refractivity contribution is 0.101. The molecule has 0 saturated heterocycles. The Bertz CT molecular complexity index is 821. The molecule has 1 aromatic carbocycles. The van der Waals surface area contributed by atoms with E-state index in [1.165, 1.54) is 12.1 Å². The summed E-state index contributed by atoms with van der Waals surface area (Å²) in [6, 6.07) is 9.74. The number of fused-ring (bicyclic) bond motifs is 1. The van der Waals surface area contributed by atoms with E-state index in [0.29, 0.717) is 16.9 Å². The van der Waals surface area contributed by atoms with Crippen LogP contribution in [0.15, 0.2) is 42.6 Å². The number of hydrogen-bond donors (Lipinski definition) is 1. The van der Waals surface area contributed by atoms with Crippen LogP contribution in [0.3, 0.4) is 0 Å². The molecule has 5 heteroatoms. The Hall–Kier alpha value is -2.69. The second-order valence-electron chi connectivity index (χ2n) is 4.97. The van der Waals surface area contributed by atoms with E-state index < -0.39 is 0 Å². The van der Waals surface area contributed by atoms with Crippen LogP contribution in [0.1, 0.15) is 16.1 Å². The Morgan fingerprint density at radius 1 is 1.24 bits per heavy atom. The number of rotatable bonds is 2. The third kappa shape index (κ3) is 2.50. The molecule has 0 fully saturated rings. The van der Waals surface area contributed by atoms with Crippen LogP contribution in [0, 0.1) is 12.7 Å². The first kappa shape index (κ1) is 13.3. The second kappa shape index (κ2) is 5.01. The number of aromatic nitrogens is 2. The molecule has 0 aliphatic heterocycles. The normalized spacial score (nSPS) is 10.8. The highest BCUT2D eigenvalue weighted by Crippen LogP contribution is 2.20. The van der Waals surface area contributed by atoms with Crippen LogP contribution in [0.4, 0.5) is 10.2 Å². The van der Waals surface area contributed by atoms with Crippen molar-refractivity contribution in [3.8, 4) is 0 Å². The molecule has 0 bridgehead atoms. The Morgan fingerprint density at radius 2 is 2.05 bits per heavy atom. The smallest absolute Gasteiger partial charge is 0.273 e. The van der Waals surface area contributed by atoms with Crippen LogP contribution >= 0.6 is 0 Å². The fourth-order valence-corrected chi connectivity index (χ4v) is 2.26. The summed E-state index contributed by atoms with van der Waals surface area (Å²) >= 11 is 0. The van der Waals surface area contributed by atoms with Crippen molar-refractivity contribution in [3.63, 3.8) is 0 Å². The number of benzene rings is 1. The molecule has 106 valence electrons. The van der Waals surface area contributed by atoms with E-state index in [9.17, 15) is 9.18 Å². The molecule has 21 heavy (non-hydrogen) atoms. The minimum Gasteiger partial charge on any atom is -0.340 e. The summed E-state index contributed by atoms with van der Waals surface area (Å²) < 4.78 is 15.0. The van der Waals surface area contributed by atoms with E-state index in [0.717, 1.165) is 11.1 Å². The van der Waals surface area contributed by atoms with Gasteiger partial charge in [0.1, 0.15) is 17.3 Å². The largest absolute Gasteiger partial charge is 0.340 e. The molecule has 0 saturated carbocycles. The molecule has 0 unspecified atom stereocenters. The first-order valence-corrected chi connectivity index (χ1v) is 6.53. The lowest BCUT2D eigenvalue weighted by Crippen LogP contribution is -2.16. The number of carbonyl (C=O) groups is 1. The summed E-state index contributed by atoms with van der Waals surface area (Å²) in [4.78, 5) is 16.4. The van der Waals surface area contributed by atoms with Crippen molar-refractivity contribution in [2.45, 2.75) is 6.92 Å². The van der Waals surface area contributed by atoms with E-state index in [2.05, 4.69) is 10.3 Å². The van der Waals surface area contributed by atoms with E-state index in [1.807, 2.05) is 13.0 Å². The quantitative estimate of drug-likeness (QED) is 0.784. The van der Waals surface area contributed by atoms with Gasteiger partial charge in [0.25, 0.3) is 5.91 Å². The number of nitrogens with one attached hydrogen (secondary N) is 1. The van der Waals surface area contributed by atoms with E-state index >= 15 is 0 Å². The van der Waals surface area contributed by atoms with Gasteiger partial charge in [0.15, 0.2) is 0 Å². The highest BCUT2D eigenvalue weighted by molar-refractivity contribution is 6.05. The number of aryl methyl sites for hydroxylation is 2. The second-order valence-corrected chi connectivity index (χ2v) is 4.97. The van der Waals surface area contributed by atoms with Crippen LogP contribution < -0.4 is 5.32 Å². The number of nitrogens with zero attached hydrogens (tertiary/aromatic N) is 2. The first-order valence-electron chi connectivity index (χ1n) is 6.53. The van der Waals surface area contributed by atoms with Crippen molar-refractivity contribution < 1.29 is 9.18 Å². The van der Waals surface area contributed by atoms with Crippen LogP contribution in [0.2, 0.25) is 0 Å². The zero-order valence-electron chi connectivity index (χ0n) is 11.7. The van der Waals surface area contributed by atoms with Gasteiger partial charge in [-0.15, -0.1) is 0 Å². The summed E-state index contributed by atoms with van der Waals surface area (Å²) in [6.07, 6.45) is 1.69. The minimum absolute atomic E-state index is 0.273. The first-order chi connectivity index (χ1) is 10.0. The van der Waals surface area contributed by atoms with E-state index in [4.69, 9.17) is 0 Å². The van der Waals surface area contributed by atoms with Gasteiger partial charge >= 0.3 is 0 Å². The number of pyridine rings is 1. The molecule has 0 aliphatic rings. The molecule has 1 N–H and O–H groups in total.